The Kier molecular flexibility index (Phi) is 10.5. The van der Waals surface area contributed by atoms with Crippen molar-refractivity contribution < 1.29 is 45.8 Å². The average molecular weight is 653 g/mol. The maximum absolute atomic E-state index is 13.7. The number of hydrogen-bond donors (Lipinski definition) is 3. The van der Waals surface area contributed by atoms with E-state index in [1.165, 1.54) is 35.2 Å². The van der Waals surface area contributed by atoms with Crippen LogP contribution < -0.4 is 15.4 Å². The van der Waals surface area contributed by atoms with Crippen LogP contribution in [0.3, 0.4) is 0 Å². The number of alkyl halides is 6. The third-order valence-electron chi connectivity index (χ3n) is 7.63. The normalized spacial score (nSPS) is 17.9. The van der Waals surface area contributed by atoms with Crippen LogP contribution in [0.25, 0.3) is 0 Å². The maximum Gasteiger partial charge on any atom is 0.416 e. The Bertz CT molecular complexity index is 1510. The second kappa shape index (κ2) is 14.0. The lowest BCUT2D eigenvalue weighted by Crippen LogP contribution is -2.49. The smallest absolute Gasteiger partial charge is 0.416 e. The highest BCUT2D eigenvalue weighted by molar-refractivity contribution is 6.04. The number of rotatable bonds is 8. The van der Waals surface area contributed by atoms with Gasteiger partial charge in [-0.3, -0.25) is 9.69 Å². The van der Waals surface area contributed by atoms with Crippen LogP contribution in [0.15, 0.2) is 66.7 Å². The lowest BCUT2D eigenvalue weighted by atomic mass is 9.98. The third kappa shape index (κ3) is 8.49. The molecule has 0 spiro atoms. The molecule has 14 heteroatoms. The van der Waals surface area contributed by atoms with Crippen molar-refractivity contribution in [2.24, 2.45) is 5.92 Å². The maximum atomic E-state index is 13.7. The molecule has 0 aromatic heterocycles. The molecule has 1 heterocycles. The van der Waals surface area contributed by atoms with Crippen LogP contribution in [0.2, 0.25) is 0 Å². The minimum Gasteiger partial charge on any atom is -0.486 e. The quantitative estimate of drug-likeness (QED) is 0.235. The molecule has 0 saturated heterocycles. The van der Waals surface area contributed by atoms with E-state index < -0.39 is 47.6 Å². The van der Waals surface area contributed by atoms with Gasteiger partial charge in [0.15, 0.2) is 5.75 Å². The van der Waals surface area contributed by atoms with Crippen molar-refractivity contribution in [3.63, 3.8) is 0 Å². The number of aliphatic hydroxyl groups is 1. The van der Waals surface area contributed by atoms with Crippen molar-refractivity contribution >= 4 is 23.3 Å². The molecule has 1 aliphatic rings. The van der Waals surface area contributed by atoms with Crippen molar-refractivity contribution in [3.05, 3.63) is 89.0 Å². The molecular weight excluding hydrogens is 618 g/mol. The molecule has 0 saturated carbocycles. The van der Waals surface area contributed by atoms with Gasteiger partial charge in [-0.25, -0.2) is 4.79 Å². The Balaban J connectivity index is 1.58. The van der Waals surface area contributed by atoms with E-state index in [9.17, 15) is 41.0 Å². The monoisotopic (exact) mass is 652 g/mol. The second-order valence-electron chi connectivity index (χ2n) is 11.4. The first kappa shape index (κ1) is 34.6. The van der Waals surface area contributed by atoms with Gasteiger partial charge in [0.25, 0.3) is 5.91 Å². The van der Waals surface area contributed by atoms with E-state index in [0.717, 1.165) is 36.4 Å². The molecule has 0 bridgehead atoms. The number of urea groups is 1. The second-order valence-corrected chi connectivity index (χ2v) is 11.4. The zero-order valence-corrected chi connectivity index (χ0v) is 25.2. The number of likely N-dealkylation sites (N-methyl/N-ethyl adjacent to an activating group) is 1. The first-order valence-corrected chi connectivity index (χ1v) is 14.4. The molecule has 8 nitrogen and oxygen atoms in total. The molecule has 0 radical (unpaired) electrons. The Morgan fingerprint density at radius 1 is 0.978 bits per heavy atom. The number of anilines is 2. The number of amides is 3. The van der Waals surface area contributed by atoms with Crippen LogP contribution in [0, 0.1) is 5.92 Å². The van der Waals surface area contributed by atoms with Crippen LogP contribution >= 0.6 is 0 Å². The van der Waals surface area contributed by atoms with Crippen LogP contribution in [0.5, 0.6) is 5.75 Å². The molecule has 3 aromatic rings. The van der Waals surface area contributed by atoms with Gasteiger partial charge in [-0.2, -0.15) is 26.3 Å². The molecule has 0 fully saturated rings. The minimum atomic E-state index is -4.54. The average Bonchev–Trinajstić information content (AvgIpc) is 2.98. The van der Waals surface area contributed by atoms with E-state index in [4.69, 9.17) is 4.74 Å². The van der Waals surface area contributed by atoms with E-state index in [1.54, 1.807) is 14.0 Å². The van der Waals surface area contributed by atoms with Gasteiger partial charge in [0, 0.05) is 31.2 Å². The van der Waals surface area contributed by atoms with Crippen molar-refractivity contribution in [3.8, 4) is 5.75 Å². The Morgan fingerprint density at radius 3 is 2.13 bits per heavy atom. The zero-order chi connectivity index (χ0) is 33.8. The SMILES string of the molecule is C[C@@H]1CN([C@H](C)CO)C(=O)c2cccc(NC(=O)Nc3ccc(C(F)(F)F)cc3)c2O[C@@H]1CN(C)Cc1ccc(C(F)(F)F)cc1. The van der Waals surface area contributed by atoms with Crippen LogP contribution in [-0.4, -0.2) is 65.7 Å². The van der Waals surface area contributed by atoms with Crippen LogP contribution in [0.4, 0.5) is 42.5 Å². The van der Waals surface area contributed by atoms with Crippen molar-refractivity contribution in [2.75, 3.05) is 37.4 Å². The van der Waals surface area contributed by atoms with Crippen molar-refractivity contribution in [1.29, 1.82) is 0 Å². The molecule has 3 atom stereocenters. The van der Waals surface area contributed by atoms with E-state index in [-0.39, 0.29) is 48.3 Å². The largest absolute Gasteiger partial charge is 0.486 e. The summed E-state index contributed by atoms with van der Waals surface area (Å²) in [5.41, 5.74) is -0.646. The van der Waals surface area contributed by atoms with Gasteiger partial charge in [0.2, 0.25) is 0 Å². The lowest BCUT2D eigenvalue weighted by Gasteiger charge is -2.38. The van der Waals surface area contributed by atoms with E-state index >= 15 is 0 Å². The van der Waals surface area contributed by atoms with E-state index in [1.807, 2.05) is 11.8 Å². The minimum absolute atomic E-state index is 0.0599. The molecule has 46 heavy (non-hydrogen) atoms. The third-order valence-corrected chi connectivity index (χ3v) is 7.63. The Morgan fingerprint density at radius 2 is 1.57 bits per heavy atom. The van der Waals surface area contributed by atoms with E-state index in [2.05, 4.69) is 10.6 Å². The lowest BCUT2D eigenvalue weighted by molar-refractivity contribution is -0.138. The molecule has 248 valence electrons. The molecule has 0 unspecified atom stereocenters. The van der Waals surface area contributed by atoms with Gasteiger partial charge in [-0.15, -0.1) is 0 Å². The van der Waals surface area contributed by atoms with Gasteiger partial charge in [0.1, 0.15) is 6.10 Å². The topological polar surface area (TPSA) is 94.1 Å². The van der Waals surface area contributed by atoms with Gasteiger partial charge in [0.05, 0.1) is 35.0 Å². The number of nitrogens with zero attached hydrogens (tertiary/aromatic N) is 2. The fraction of sp³-hybridized carbons (Fsp3) is 0.375. The molecule has 3 amide bonds. The van der Waals surface area contributed by atoms with Gasteiger partial charge in [-0.05, 0) is 68.1 Å². The number of carbonyl (C=O) groups is 2. The summed E-state index contributed by atoms with van der Waals surface area (Å²) in [4.78, 5) is 30.0. The number of nitrogens with one attached hydrogen (secondary N) is 2. The predicted octanol–water partition coefficient (Wildman–Crippen LogP) is 6.72. The summed E-state index contributed by atoms with van der Waals surface area (Å²) in [6, 6.07) is 11.9. The fourth-order valence-corrected chi connectivity index (χ4v) is 5.07. The molecular formula is C32H34F6N4O4. The highest BCUT2D eigenvalue weighted by Crippen LogP contribution is 2.36. The summed E-state index contributed by atoms with van der Waals surface area (Å²) in [6.07, 6.45) is -9.57. The van der Waals surface area contributed by atoms with E-state index in [0.29, 0.717) is 12.1 Å². The number of benzene rings is 3. The standard InChI is InChI=1S/C32H34F6N4O4/c1-19-15-42(20(2)18-43)29(44)25-5-4-6-26(40-30(45)39-24-13-11-23(12-14-24)32(36,37)38)28(25)46-27(19)17-41(3)16-21-7-9-22(10-8-21)31(33,34)35/h4-14,19-20,27,43H,15-18H2,1-3H3,(H2,39,40,45)/t19-,20-,27-/m1/s1. The van der Waals surface area contributed by atoms with Crippen molar-refractivity contribution in [2.45, 2.75) is 44.9 Å². The van der Waals surface area contributed by atoms with Gasteiger partial charge >= 0.3 is 18.4 Å². The highest BCUT2D eigenvalue weighted by atomic mass is 19.4. The summed E-state index contributed by atoms with van der Waals surface area (Å²) in [7, 11) is 1.77. The first-order chi connectivity index (χ1) is 21.6. The molecule has 1 aliphatic heterocycles. The summed E-state index contributed by atoms with van der Waals surface area (Å²) in [5.74, 6) is -0.674. The first-order valence-electron chi connectivity index (χ1n) is 14.4. The summed E-state index contributed by atoms with van der Waals surface area (Å²) in [5, 5.41) is 15.0. The highest BCUT2D eigenvalue weighted by Gasteiger charge is 2.35. The zero-order valence-electron chi connectivity index (χ0n) is 25.2. The summed E-state index contributed by atoms with van der Waals surface area (Å²) < 4.78 is 84.2. The predicted molar refractivity (Wildman–Crippen MR) is 159 cm³/mol. The Hall–Kier alpha value is -4.30. The summed E-state index contributed by atoms with van der Waals surface area (Å²) >= 11 is 0. The number of halogens is 6. The molecule has 4 rings (SSSR count). The number of carbonyl (C=O) groups excluding carboxylic acids is 2. The number of ether oxygens (including phenoxy) is 1. The number of fused-ring (bicyclic) bond motifs is 1. The molecule has 0 aliphatic carbocycles. The van der Waals surface area contributed by atoms with Crippen LogP contribution in [0.1, 0.15) is 40.9 Å². The Labute approximate surface area is 261 Å². The fourth-order valence-electron chi connectivity index (χ4n) is 5.07. The van der Waals surface area contributed by atoms with Gasteiger partial charge < -0.3 is 25.4 Å². The number of aliphatic hydroxyl groups excluding tert-OH is 1. The summed E-state index contributed by atoms with van der Waals surface area (Å²) in [6.45, 7) is 4.05. The van der Waals surface area contributed by atoms with Crippen LogP contribution in [-0.2, 0) is 18.9 Å². The number of hydrogen-bond acceptors (Lipinski definition) is 5. The molecule has 3 N–H and O–H groups in total. The van der Waals surface area contributed by atoms with Gasteiger partial charge in [-0.1, -0.05) is 25.1 Å². The van der Waals surface area contributed by atoms with Crippen molar-refractivity contribution in [1.82, 2.24) is 9.80 Å². The molecule has 3 aromatic carbocycles. The number of para-hydroxylation sites is 1.